The lowest BCUT2D eigenvalue weighted by atomic mass is 10.2. The van der Waals surface area contributed by atoms with E-state index in [0.717, 1.165) is 0 Å². The van der Waals surface area contributed by atoms with Crippen molar-refractivity contribution in [2.45, 2.75) is 38.7 Å². The number of halogens is 6. The molecule has 1 aromatic rings. The van der Waals surface area contributed by atoms with Crippen molar-refractivity contribution in [2.75, 3.05) is 26.2 Å². The van der Waals surface area contributed by atoms with Gasteiger partial charge in [-0.05, 0) is 31.0 Å². The number of rotatable bonds is 7. The first kappa shape index (κ1) is 24.7. The monoisotopic (exact) mass is 522 g/mol. The summed E-state index contributed by atoms with van der Waals surface area (Å²) in [6.45, 7) is -0.502. The minimum absolute atomic E-state index is 0. The minimum Gasteiger partial charge on any atom is -0.435 e. The van der Waals surface area contributed by atoms with Crippen LogP contribution in [-0.2, 0) is 6.54 Å². The molecule has 0 amide bonds. The van der Waals surface area contributed by atoms with Gasteiger partial charge in [0.2, 0.25) is 0 Å². The van der Waals surface area contributed by atoms with Crippen molar-refractivity contribution in [3.8, 4) is 5.75 Å². The first-order valence-corrected chi connectivity index (χ1v) is 8.63. The maximum absolute atomic E-state index is 12.5. The van der Waals surface area contributed by atoms with Crippen LogP contribution in [0.25, 0.3) is 0 Å². The van der Waals surface area contributed by atoms with Gasteiger partial charge in [0.05, 0.1) is 13.1 Å². The van der Waals surface area contributed by atoms with Crippen LogP contribution in [0.2, 0.25) is 0 Å². The normalized spacial score (nSPS) is 18.1. The van der Waals surface area contributed by atoms with Crippen molar-refractivity contribution in [3.63, 3.8) is 0 Å². The van der Waals surface area contributed by atoms with Gasteiger partial charge in [-0.1, -0.05) is 12.1 Å². The number of hydrogen-bond donors (Lipinski definition) is 2. The number of likely N-dealkylation sites (tertiary alicyclic amines) is 1. The second-order valence-electron chi connectivity index (χ2n) is 6.20. The third-order valence-corrected chi connectivity index (χ3v) is 3.90. The largest absolute Gasteiger partial charge is 0.435 e. The average molecular weight is 522 g/mol. The van der Waals surface area contributed by atoms with Crippen molar-refractivity contribution in [2.24, 2.45) is 4.99 Å². The van der Waals surface area contributed by atoms with Gasteiger partial charge >= 0.3 is 12.8 Å². The van der Waals surface area contributed by atoms with Crippen LogP contribution >= 0.6 is 24.0 Å². The first-order chi connectivity index (χ1) is 12.7. The summed E-state index contributed by atoms with van der Waals surface area (Å²) in [5.74, 6) is 0.519. The number of hydrogen-bond acceptors (Lipinski definition) is 3. The standard InChI is InChI=1S/C17H23F5N4O.HI/c1-2-23-16(25-13-6-7-26(10-13)11-17(20,21)22)24-9-12-4-3-5-14(8-12)27-15(18)19;/h3-5,8,13,15H,2,6-7,9-11H2,1H3,(H2,23,24,25);1H. The zero-order chi connectivity index (χ0) is 19.9. The van der Waals surface area contributed by atoms with Crippen LogP contribution < -0.4 is 15.4 Å². The fourth-order valence-electron chi connectivity index (χ4n) is 2.85. The molecule has 0 aliphatic carbocycles. The van der Waals surface area contributed by atoms with Gasteiger partial charge in [-0.25, -0.2) is 4.99 Å². The molecule has 1 aliphatic rings. The molecule has 28 heavy (non-hydrogen) atoms. The zero-order valence-corrected chi connectivity index (χ0v) is 17.6. The molecule has 0 saturated carbocycles. The molecule has 2 N–H and O–H groups in total. The molecule has 0 radical (unpaired) electrons. The van der Waals surface area contributed by atoms with E-state index in [9.17, 15) is 22.0 Å². The second kappa shape index (κ2) is 11.6. The lowest BCUT2D eigenvalue weighted by Crippen LogP contribution is -2.45. The summed E-state index contributed by atoms with van der Waals surface area (Å²) in [4.78, 5) is 5.73. The Hall–Kier alpha value is -1.37. The van der Waals surface area contributed by atoms with Crippen LogP contribution in [0.3, 0.4) is 0 Å². The van der Waals surface area contributed by atoms with Gasteiger partial charge in [0.25, 0.3) is 0 Å². The molecule has 1 fully saturated rings. The van der Waals surface area contributed by atoms with Crippen LogP contribution in [0.4, 0.5) is 22.0 Å². The molecule has 1 heterocycles. The molecule has 1 saturated heterocycles. The Balaban J connectivity index is 0.00000392. The lowest BCUT2D eigenvalue weighted by Gasteiger charge is -2.19. The lowest BCUT2D eigenvalue weighted by molar-refractivity contribution is -0.143. The molecule has 2 rings (SSSR count). The van der Waals surface area contributed by atoms with Gasteiger partial charge in [0, 0.05) is 25.7 Å². The summed E-state index contributed by atoms with van der Waals surface area (Å²) in [6.07, 6.45) is -3.63. The summed E-state index contributed by atoms with van der Waals surface area (Å²) in [5.41, 5.74) is 0.676. The number of nitrogens with one attached hydrogen (secondary N) is 2. The Kier molecular flexibility index (Phi) is 10.2. The molecule has 11 heteroatoms. The summed E-state index contributed by atoms with van der Waals surface area (Å²) in [6, 6.07) is 6.08. The second-order valence-corrected chi connectivity index (χ2v) is 6.20. The molecule has 1 atom stereocenters. The quantitative estimate of drug-likeness (QED) is 0.249. The minimum atomic E-state index is -4.21. The van der Waals surface area contributed by atoms with Gasteiger partial charge in [-0.15, -0.1) is 24.0 Å². The maximum atomic E-state index is 12.5. The Morgan fingerprint density at radius 2 is 2.11 bits per heavy atom. The van der Waals surface area contributed by atoms with Gasteiger partial charge in [-0.2, -0.15) is 22.0 Å². The highest BCUT2D eigenvalue weighted by atomic mass is 127. The van der Waals surface area contributed by atoms with Gasteiger partial charge in [-0.3, -0.25) is 4.90 Å². The summed E-state index contributed by atoms with van der Waals surface area (Å²) in [5, 5.41) is 6.16. The highest BCUT2D eigenvalue weighted by Crippen LogP contribution is 2.20. The Morgan fingerprint density at radius 1 is 1.36 bits per heavy atom. The van der Waals surface area contributed by atoms with Gasteiger partial charge in [0.15, 0.2) is 5.96 Å². The molecule has 0 spiro atoms. The van der Waals surface area contributed by atoms with Crippen LogP contribution in [0.5, 0.6) is 5.75 Å². The van der Waals surface area contributed by atoms with E-state index in [1.54, 1.807) is 12.1 Å². The van der Waals surface area contributed by atoms with E-state index < -0.39 is 19.3 Å². The number of nitrogens with zero attached hydrogens (tertiary/aromatic N) is 2. The molecular weight excluding hydrogens is 498 g/mol. The molecule has 1 aliphatic heterocycles. The molecule has 5 nitrogen and oxygen atoms in total. The number of guanidine groups is 1. The summed E-state index contributed by atoms with van der Waals surface area (Å²) >= 11 is 0. The van der Waals surface area contributed by atoms with E-state index in [2.05, 4.69) is 20.4 Å². The van der Waals surface area contributed by atoms with Crippen LogP contribution in [0.15, 0.2) is 29.3 Å². The third kappa shape index (κ3) is 9.22. The van der Waals surface area contributed by atoms with E-state index in [1.165, 1.54) is 17.0 Å². The third-order valence-electron chi connectivity index (χ3n) is 3.90. The van der Waals surface area contributed by atoms with Crippen molar-refractivity contribution < 1.29 is 26.7 Å². The molecule has 0 bridgehead atoms. The number of aliphatic imine (C=N–C) groups is 1. The molecule has 1 unspecified atom stereocenters. The van der Waals surface area contributed by atoms with Crippen molar-refractivity contribution >= 4 is 29.9 Å². The smallest absolute Gasteiger partial charge is 0.401 e. The summed E-state index contributed by atoms with van der Waals surface area (Å²) in [7, 11) is 0. The average Bonchev–Trinajstić information content (AvgIpc) is 2.97. The number of benzene rings is 1. The Labute approximate surface area is 177 Å². The van der Waals surface area contributed by atoms with E-state index >= 15 is 0 Å². The molecule has 160 valence electrons. The fourth-order valence-corrected chi connectivity index (χ4v) is 2.85. The molecular formula is C17H24F5IN4O. The van der Waals surface area contributed by atoms with Gasteiger partial charge < -0.3 is 15.4 Å². The van der Waals surface area contributed by atoms with Crippen LogP contribution in [0, 0.1) is 0 Å². The fraction of sp³-hybridized carbons (Fsp3) is 0.588. The van der Waals surface area contributed by atoms with Crippen molar-refractivity contribution in [3.05, 3.63) is 29.8 Å². The van der Waals surface area contributed by atoms with E-state index in [1.807, 2.05) is 6.92 Å². The Bertz CT molecular complexity index is 630. The molecule has 0 aromatic heterocycles. The summed E-state index contributed by atoms with van der Waals surface area (Å²) < 4.78 is 66.4. The van der Waals surface area contributed by atoms with E-state index in [-0.39, 0.29) is 48.9 Å². The first-order valence-electron chi connectivity index (χ1n) is 8.63. The van der Waals surface area contributed by atoms with Crippen molar-refractivity contribution in [1.29, 1.82) is 0 Å². The SMILES string of the molecule is CCNC(=NCc1cccc(OC(F)F)c1)NC1CCN(CC(F)(F)F)C1.I. The predicted octanol–water partition coefficient (Wildman–Crippen LogP) is 3.60. The highest BCUT2D eigenvalue weighted by molar-refractivity contribution is 14.0. The van der Waals surface area contributed by atoms with E-state index in [0.29, 0.717) is 31.0 Å². The van der Waals surface area contributed by atoms with E-state index in [4.69, 9.17) is 0 Å². The van der Waals surface area contributed by atoms with Gasteiger partial charge in [0.1, 0.15) is 5.75 Å². The highest BCUT2D eigenvalue weighted by Gasteiger charge is 2.34. The van der Waals surface area contributed by atoms with Crippen molar-refractivity contribution in [1.82, 2.24) is 15.5 Å². The van der Waals surface area contributed by atoms with Crippen LogP contribution in [0.1, 0.15) is 18.9 Å². The molecule has 1 aromatic carbocycles. The Morgan fingerprint density at radius 3 is 2.75 bits per heavy atom. The maximum Gasteiger partial charge on any atom is 0.401 e. The van der Waals surface area contributed by atoms with Crippen LogP contribution in [-0.4, -0.2) is 55.9 Å². The number of ether oxygens (including phenoxy) is 1. The predicted molar refractivity (Wildman–Crippen MR) is 107 cm³/mol. The topological polar surface area (TPSA) is 48.9 Å². The zero-order valence-electron chi connectivity index (χ0n) is 15.3. The number of alkyl halides is 5.